The van der Waals surface area contributed by atoms with Crippen molar-refractivity contribution in [2.75, 3.05) is 25.0 Å². The van der Waals surface area contributed by atoms with Crippen molar-refractivity contribution in [2.45, 2.75) is 47.0 Å². The van der Waals surface area contributed by atoms with Gasteiger partial charge in [-0.2, -0.15) is 0 Å². The van der Waals surface area contributed by atoms with E-state index in [2.05, 4.69) is 24.1 Å². The molecule has 0 atom stereocenters. The van der Waals surface area contributed by atoms with Crippen molar-refractivity contribution in [2.24, 2.45) is 0 Å². The van der Waals surface area contributed by atoms with Gasteiger partial charge in [-0.3, -0.25) is 9.59 Å². The Morgan fingerprint density at radius 1 is 1.09 bits per heavy atom. The van der Waals surface area contributed by atoms with E-state index in [1.54, 1.807) is 6.07 Å². The molecule has 0 aromatic heterocycles. The van der Waals surface area contributed by atoms with Crippen molar-refractivity contribution in [3.8, 4) is 0 Å². The molecule has 1 amide bonds. The summed E-state index contributed by atoms with van der Waals surface area (Å²) in [7, 11) is 0. The molecule has 0 fully saturated rings. The van der Waals surface area contributed by atoms with E-state index in [1.807, 2.05) is 26.0 Å². The molecule has 4 nitrogen and oxygen atoms in total. The van der Waals surface area contributed by atoms with Gasteiger partial charge in [0, 0.05) is 24.9 Å². The van der Waals surface area contributed by atoms with Crippen LogP contribution in [-0.2, 0) is 4.79 Å². The number of ketones is 1. The SMILES string of the molecule is CCCC(=O)c1cccc(C)c1NC(=O)CCN(CC)CC. The second kappa shape index (κ2) is 9.36. The maximum absolute atomic E-state index is 12.2. The van der Waals surface area contributed by atoms with Gasteiger partial charge in [-0.25, -0.2) is 0 Å². The van der Waals surface area contributed by atoms with Crippen LogP contribution in [0, 0.1) is 6.92 Å². The van der Waals surface area contributed by atoms with Gasteiger partial charge in [-0.15, -0.1) is 0 Å². The standard InChI is InChI=1S/C18H28N2O2/c1-5-9-16(21)15-11-8-10-14(4)18(15)19-17(22)12-13-20(6-2)7-3/h8,10-11H,5-7,9,12-13H2,1-4H3,(H,19,22). The van der Waals surface area contributed by atoms with Gasteiger partial charge in [0.25, 0.3) is 0 Å². The van der Waals surface area contributed by atoms with Crippen LogP contribution in [0.4, 0.5) is 5.69 Å². The zero-order valence-electron chi connectivity index (χ0n) is 14.2. The van der Waals surface area contributed by atoms with E-state index in [0.717, 1.165) is 31.6 Å². The van der Waals surface area contributed by atoms with Crippen LogP contribution in [0.25, 0.3) is 0 Å². The molecule has 0 aliphatic heterocycles. The zero-order valence-corrected chi connectivity index (χ0v) is 14.2. The van der Waals surface area contributed by atoms with Crippen LogP contribution >= 0.6 is 0 Å². The molecule has 0 spiro atoms. The molecular weight excluding hydrogens is 276 g/mol. The lowest BCUT2D eigenvalue weighted by atomic mass is 10.0. The number of benzene rings is 1. The summed E-state index contributed by atoms with van der Waals surface area (Å²) in [6, 6.07) is 5.58. The normalized spacial score (nSPS) is 10.8. The maximum atomic E-state index is 12.2. The second-order valence-corrected chi connectivity index (χ2v) is 5.50. The van der Waals surface area contributed by atoms with Crippen LogP contribution in [0.15, 0.2) is 18.2 Å². The van der Waals surface area contributed by atoms with Crippen molar-refractivity contribution in [1.82, 2.24) is 4.90 Å². The first-order valence-electron chi connectivity index (χ1n) is 8.18. The van der Waals surface area contributed by atoms with Crippen LogP contribution in [0.1, 0.15) is 56.0 Å². The summed E-state index contributed by atoms with van der Waals surface area (Å²) in [6.07, 6.45) is 1.76. The summed E-state index contributed by atoms with van der Waals surface area (Å²) in [6.45, 7) is 10.7. The van der Waals surface area contributed by atoms with E-state index in [0.29, 0.717) is 24.1 Å². The number of rotatable bonds is 9. The summed E-state index contributed by atoms with van der Waals surface area (Å²) >= 11 is 0. The van der Waals surface area contributed by atoms with Crippen molar-refractivity contribution < 1.29 is 9.59 Å². The van der Waals surface area contributed by atoms with Gasteiger partial charge in [0.1, 0.15) is 0 Å². The third kappa shape index (κ3) is 5.26. The van der Waals surface area contributed by atoms with Gasteiger partial charge in [0.15, 0.2) is 5.78 Å². The lowest BCUT2D eigenvalue weighted by molar-refractivity contribution is -0.116. The van der Waals surface area contributed by atoms with E-state index >= 15 is 0 Å². The number of hydrogen-bond donors (Lipinski definition) is 1. The molecule has 0 unspecified atom stereocenters. The van der Waals surface area contributed by atoms with Crippen LogP contribution in [0.5, 0.6) is 0 Å². The molecule has 122 valence electrons. The number of hydrogen-bond acceptors (Lipinski definition) is 3. The Bertz CT molecular complexity index is 508. The number of aryl methyl sites for hydroxylation is 1. The average molecular weight is 304 g/mol. The minimum atomic E-state index is -0.0354. The molecule has 0 bridgehead atoms. The summed E-state index contributed by atoms with van der Waals surface area (Å²) < 4.78 is 0. The molecule has 4 heteroatoms. The molecule has 22 heavy (non-hydrogen) atoms. The number of anilines is 1. The lowest BCUT2D eigenvalue weighted by Gasteiger charge is -2.18. The Hall–Kier alpha value is -1.68. The predicted molar refractivity (Wildman–Crippen MR) is 91.5 cm³/mol. The van der Waals surface area contributed by atoms with Gasteiger partial charge in [0.05, 0.1) is 5.69 Å². The fraction of sp³-hybridized carbons (Fsp3) is 0.556. The van der Waals surface area contributed by atoms with Gasteiger partial charge in [-0.1, -0.05) is 32.9 Å². The molecule has 1 aromatic rings. The number of carbonyl (C=O) groups excluding carboxylic acids is 2. The number of para-hydroxylation sites is 1. The predicted octanol–water partition coefficient (Wildman–Crippen LogP) is 3.65. The van der Waals surface area contributed by atoms with E-state index < -0.39 is 0 Å². The first kappa shape index (κ1) is 18.4. The zero-order chi connectivity index (χ0) is 16.5. The molecule has 0 radical (unpaired) electrons. The molecule has 1 rings (SSSR count). The fourth-order valence-electron chi connectivity index (χ4n) is 2.43. The number of Topliss-reactive ketones (excluding diaryl/α,β-unsaturated/α-hetero) is 1. The summed E-state index contributed by atoms with van der Waals surface area (Å²) in [5.74, 6) is 0.0528. The Labute approximate surface area is 133 Å². The van der Waals surface area contributed by atoms with Crippen molar-refractivity contribution in [3.05, 3.63) is 29.3 Å². The summed E-state index contributed by atoms with van der Waals surface area (Å²) in [5, 5.41) is 2.94. The maximum Gasteiger partial charge on any atom is 0.225 e. The number of nitrogens with one attached hydrogen (secondary N) is 1. The Balaban J connectivity index is 2.79. The highest BCUT2D eigenvalue weighted by Gasteiger charge is 2.15. The molecule has 0 saturated heterocycles. The van der Waals surface area contributed by atoms with Crippen LogP contribution in [-0.4, -0.2) is 36.2 Å². The summed E-state index contributed by atoms with van der Waals surface area (Å²) in [4.78, 5) is 26.6. The van der Waals surface area contributed by atoms with E-state index in [-0.39, 0.29) is 11.7 Å². The largest absolute Gasteiger partial charge is 0.325 e. The number of nitrogens with zero attached hydrogens (tertiary/aromatic N) is 1. The summed E-state index contributed by atoms with van der Waals surface area (Å²) in [5.41, 5.74) is 2.22. The molecule has 1 N–H and O–H groups in total. The lowest BCUT2D eigenvalue weighted by Crippen LogP contribution is -2.27. The van der Waals surface area contributed by atoms with Crippen molar-refractivity contribution in [3.63, 3.8) is 0 Å². The quantitative estimate of drug-likeness (QED) is 0.708. The molecule has 0 aliphatic carbocycles. The topological polar surface area (TPSA) is 49.4 Å². The van der Waals surface area contributed by atoms with E-state index in [1.165, 1.54) is 0 Å². The van der Waals surface area contributed by atoms with Gasteiger partial charge in [0.2, 0.25) is 5.91 Å². The smallest absolute Gasteiger partial charge is 0.225 e. The monoisotopic (exact) mass is 304 g/mol. The number of carbonyl (C=O) groups is 2. The van der Waals surface area contributed by atoms with E-state index in [4.69, 9.17) is 0 Å². The Morgan fingerprint density at radius 3 is 2.36 bits per heavy atom. The minimum absolute atomic E-state index is 0.0354. The van der Waals surface area contributed by atoms with E-state index in [9.17, 15) is 9.59 Å². The fourth-order valence-corrected chi connectivity index (χ4v) is 2.43. The Morgan fingerprint density at radius 2 is 1.77 bits per heavy atom. The molecule has 1 aromatic carbocycles. The van der Waals surface area contributed by atoms with Crippen LogP contribution < -0.4 is 5.32 Å². The third-order valence-electron chi connectivity index (χ3n) is 3.86. The van der Waals surface area contributed by atoms with Crippen LogP contribution in [0.3, 0.4) is 0 Å². The van der Waals surface area contributed by atoms with Gasteiger partial charge < -0.3 is 10.2 Å². The number of amides is 1. The van der Waals surface area contributed by atoms with Crippen molar-refractivity contribution in [1.29, 1.82) is 0 Å². The first-order chi connectivity index (χ1) is 10.5. The third-order valence-corrected chi connectivity index (χ3v) is 3.86. The van der Waals surface area contributed by atoms with Gasteiger partial charge in [-0.05, 0) is 38.1 Å². The van der Waals surface area contributed by atoms with Crippen molar-refractivity contribution >= 4 is 17.4 Å². The first-order valence-corrected chi connectivity index (χ1v) is 8.18. The second-order valence-electron chi connectivity index (χ2n) is 5.50. The highest BCUT2D eigenvalue weighted by Crippen LogP contribution is 2.22. The molecular formula is C18H28N2O2. The molecule has 0 saturated carbocycles. The molecule has 0 aliphatic rings. The highest BCUT2D eigenvalue weighted by atomic mass is 16.1. The Kier molecular flexibility index (Phi) is 7.82. The minimum Gasteiger partial charge on any atom is -0.325 e. The molecule has 0 heterocycles. The average Bonchev–Trinajstić information content (AvgIpc) is 2.50. The van der Waals surface area contributed by atoms with Crippen LogP contribution in [0.2, 0.25) is 0 Å². The van der Waals surface area contributed by atoms with Gasteiger partial charge >= 0.3 is 0 Å². The highest BCUT2D eigenvalue weighted by molar-refractivity contribution is 6.05.